The van der Waals surface area contributed by atoms with Crippen LogP contribution in [0.15, 0.2) is 18.2 Å². The molecule has 1 aliphatic rings. The van der Waals surface area contributed by atoms with Crippen LogP contribution in [0.1, 0.15) is 25.0 Å². The minimum Gasteiger partial charge on any atom is -0.384 e. The quantitative estimate of drug-likeness (QED) is 0.619. The van der Waals surface area contributed by atoms with Crippen LogP contribution >= 0.6 is 0 Å². The van der Waals surface area contributed by atoms with E-state index < -0.39 is 0 Å². The summed E-state index contributed by atoms with van der Waals surface area (Å²) in [4.78, 5) is 2.37. The Morgan fingerprint density at radius 3 is 2.78 bits per heavy atom. The largest absolute Gasteiger partial charge is 0.384 e. The maximum Gasteiger partial charge on any atom is 0.122 e. The minimum absolute atomic E-state index is 0.119. The van der Waals surface area contributed by atoms with Crippen molar-refractivity contribution in [3.05, 3.63) is 29.3 Å². The first kappa shape index (κ1) is 12.9. The number of ether oxygens (including phenoxy) is 1. The van der Waals surface area contributed by atoms with E-state index in [-0.39, 0.29) is 11.9 Å². The molecule has 3 N–H and O–H groups in total. The molecule has 1 heterocycles. The number of hydrogen-bond acceptors (Lipinski definition) is 3. The van der Waals surface area contributed by atoms with Crippen LogP contribution < -0.4 is 10.6 Å². The average molecular weight is 247 g/mol. The van der Waals surface area contributed by atoms with Crippen LogP contribution in [0.3, 0.4) is 0 Å². The van der Waals surface area contributed by atoms with Gasteiger partial charge >= 0.3 is 0 Å². The second-order valence-corrected chi connectivity index (χ2v) is 5.06. The number of aryl methyl sites for hydroxylation is 1. The third-order valence-corrected chi connectivity index (χ3v) is 3.43. The summed E-state index contributed by atoms with van der Waals surface area (Å²) in [7, 11) is 0. The molecule has 0 spiro atoms. The zero-order chi connectivity index (χ0) is 13.3. The Balaban J connectivity index is 2.30. The summed E-state index contributed by atoms with van der Waals surface area (Å²) in [6.45, 7) is 7.99. The third-order valence-electron chi connectivity index (χ3n) is 3.43. The Kier molecular flexibility index (Phi) is 3.57. The Bertz CT molecular complexity index is 458. The molecule has 98 valence electrons. The number of nitrogens with two attached hydrogens (primary N) is 1. The summed E-state index contributed by atoms with van der Waals surface area (Å²) in [5, 5.41) is 7.46. The summed E-state index contributed by atoms with van der Waals surface area (Å²) in [5.41, 5.74) is 8.66. The number of nitrogens with one attached hydrogen (secondary N) is 1. The first-order chi connectivity index (χ1) is 8.49. The molecule has 1 aromatic rings. The first-order valence-corrected chi connectivity index (χ1v) is 6.32. The number of benzene rings is 1. The summed E-state index contributed by atoms with van der Waals surface area (Å²) < 4.78 is 5.65. The van der Waals surface area contributed by atoms with Gasteiger partial charge in [0.25, 0.3) is 0 Å². The van der Waals surface area contributed by atoms with Gasteiger partial charge in [0.2, 0.25) is 0 Å². The van der Waals surface area contributed by atoms with Crippen LogP contribution in [0.4, 0.5) is 5.69 Å². The maximum absolute atomic E-state index is 7.46. The highest BCUT2D eigenvalue weighted by Gasteiger charge is 2.24. The molecule has 0 aromatic heterocycles. The van der Waals surface area contributed by atoms with Crippen molar-refractivity contribution < 1.29 is 4.74 Å². The highest BCUT2D eigenvalue weighted by molar-refractivity contribution is 5.95. The predicted octanol–water partition coefficient (Wildman–Crippen LogP) is 1.89. The maximum atomic E-state index is 7.46. The molecule has 1 fully saturated rings. The van der Waals surface area contributed by atoms with Gasteiger partial charge in [-0.25, -0.2) is 0 Å². The molecule has 4 heteroatoms. The van der Waals surface area contributed by atoms with Crippen LogP contribution in [-0.2, 0) is 4.74 Å². The van der Waals surface area contributed by atoms with E-state index >= 15 is 0 Å². The van der Waals surface area contributed by atoms with Crippen LogP contribution in [0.2, 0.25) is 0 Å². The Morgan fingerprint density at radius 2 is 2.17 bits per heavy atom. The van der Waals surface area contributed by atoms with Crippen molar-refractivity contribution in [3.63, 3.8) is 0 Å². The number of nitrogens with zero attached hydrogens (tertiary/aromatic N) is 1. The fourth-order valence-corrected chi connectivity index (χ4v) is 2.38. The number of morpholine rings is 1. The van der Waals surface area contributed by atoms with Gasteiger partial charge in [-0.15, -0.1) is 0 Å². The van der Waals surface area contributed by atoms with Crippen molar-refractivity contribution >= 4 is 11.5 Å². The molecular weight excluding hydrogens is 226 g/mol. The van der Waals surface area contributed by atoms with Gasteiger partial charge < -0.3 is 15.4 Å². The van der Waals surface area contributed by atoms with E-state index in [4.69, 9.17) is 15.9 Å². The summed E-state index contributed by atoms with van der Waals surface area (Å²) >= 11 is 0. The second kappa shape index (κ2) is 4.98. The zero-order valence-corrected chi connectivity index (χ0v) is 11.2. The molecular formula is C14H21N3O. The molecule has 0 aliphatic carbocycles. The van der Waals surface area contributed by atoms with Gasteiger partial charge in [-0.3, -0.25) is 5.41 Å². The molecule has 0 saturated carbocycles. The normalized spacial score (nSPS) is 24.1. The van der Waals surface area contributed by atoms with Gasteiger partial charge in [0.1, 0.15) is 5.84 Å². The topological polar surface area (TPSA) is 62.3 Å². The molecule has 2 atom stereocenters. The summed E-state index contributed by atoms with van der Waals surface area (Å²) in [6.07, 6.45) is 0.257. The lowest BCUT2D eigenvalue weighted by molar-refractivity contribution is 0.0343. The molecule has 2 unspecified atom stereocenters. The van der Waals surface area contributed by atoms with Crippen LogP contribution in [0.5, 0.6) is 0 Å². The zero-order valence-electron chi connectivity index (χ0n) is 11.2. The SMILES string of the molecule is Cc1cc(C(=N)N)ccc1N1CC(C)OCC1C. The van der Waals surface area contributed by atoms with Gasteiger partial charge in [0.15, 0.2) is 0 Å². The average Bonchev–Trinajstić information content (AvgIpc) is 2.32. The summed E-state index contributed by atoms with van der Waals surface area (Å²) in [5.74, 6) is 0.119. The van der Waals surface area contributed by atoms with E-state index in [0.29, 0.717) is 6.04 Å². The highest BCUT2D eigenvalue weighted by Crippen LogP contribution is 2.26. The number of amidine groups is 1. The van der Waals surface area contributed by atoms with E-state index in [9.17, 15) is 0 Å². The number of anilines is 1. The van der Waals surface area contributed by atoms with E-state index in [2.05, 4.69) is 31.7 Å². The van der Waals surface area contributed by atoms with Crippen LogP contribution in [-0.4, -0.2) is 31.1 Å². The van der Waals surface area contributed by atoms with Crippen molar-refractivity contribution in [2.24, 2.45) is 5.73 Å². The predicted molar refractivity (Wildman–Crippen MR) is 74.4 cm³/mol. The third kappa shape index (κ3) is 2.48. The molecule has 18 heavy (non-hydrogen) atoms. The van der Waals surface area contributed by atoms with Gasteiger partial charge in [0, 0.05) is 23.8 Å². The van der Waals surface area contributed by atoms with Crippen molar-refractivity contribution in [2.45, 2.75) is 32.9 Å². The van der Waals surface area contributed by atoms with E-state index in [1.165, 1.54) is 5.69 Å². The number of nitrogen functional groups attached to an aromatic ring is 1. The van der Waals surface area contributed by atoms with Gasteiger partial charge in [0.05, 0.1) is 12.7 Å². The molecule has 4 nitrogen and oxygen atoms in total. The standard InChI is InChI=1S/C14H21N3O/c1-9-6-12(14(15)16)4-5-13(9)17-7-11(3)18-8-10(17)2/h4-6,10-11H,7-8H2,1-3H3,(H3,15,16). The molecule has 0 amide bonds. The fourth-order valence-electron chi connectivity index (χ4n) is 2.38. The Labute approximate surface area is 108 Å². The molecule has 1 saturated heterocycles. The molecule has 1 aromatic carbocycles. The summed E-state index contributed by atoms with van der Waals surface area (Å²) in [6, 6.07) is 6.32. The molecule has 0 bridgehead atoms. The Hall–Kier alpha value is -1.55. The second-order valence-electron chi connectivity index (χ2n) is 5.06. The molecule has 2 rings (SSSR count). The van der Waals surface area contributed by atoms with Gasteiger partial charge in [-0.1, -0.05) is 0 Å². The van der Waals surface area contributed by atoms with Crippen LogP contribution in [0.25, 0.3) is 0 Å². The molecule has 1 aliphatic heterocycles. The highest BCUT2D eigenvalue weighted by atomic mass is 16.5. The first-order valence-electron chi connectivity index (χ1n) is 6.32. The molecule has 0 radical (unpaired) electrons. The van der Waals surface area contributed by atoms with Crippen molar-refractivity contribution in [1.29, 1.82) is 5.41 Å². The van der Waals surface area contributed by atoms with E-state index in [1.54, 1.807) is 0 Å². The van der Waals surface area contributed by atoms with Gasteiger partial charge in [-0.2, -0.15) is 0 Å². The smallest absolute Gasteiger partial charge is 0.122 e. The lowest BCUT2D eigenvalue weighted by Gasteiger charge is -2.39. The number of hydrogen-bond donors (Lipinski definition) is 2. The van der Waals surface area contributed by atoms with Crippen molar-refractivity contribution in [2.75, 3.05) is 18.1 Å². The van der Waals surface area contributed by atoms with Crippen molar-refractivity contribution in [1.82, 2.24) is 0 Å². The van der Waals surface area contributed by atoms with E-state index in [1.807, 2.05) is 12.1 Å². The monoisotopic (exact) mass is 247 g/mol. The number of rotatable bonds is 2. The van der Waals surface area contributed by atoms with Crippen LogP contribution in [0, 0.1) is 12.3 Å². The minimum atomic E-state index is 0.119. The van der Waals surface area contributed by atoms with E-state index in [0.717, 1.165) is 24.3 Å². The lowest BCUT2D eigenvalue weighted by Crippen LogP contribution is -2.47. The van der Waals surface area contributed by atoms with Gasteiger partial charge in [-0.05, 0) is 44.5 Å². The van der Waals surface area contributed by atoms with Crippen molar-refractivity contribution in [3.8, 4) is 0 Å². The lowest BCUT2D eigenvalue weighted by atomic mass is 10.1. The fraction of sp³-hybridized carbons (Fsp3) is 0.500. The Morgan fingerprint density at radius 1 is 1.44 bits per heavy atom.